The number of alkyl carbamates (subject to hydrolysis) is 1. The molecule has 3 aromatic rings. The number of rotatable bonds is 9. The zero-order valence-corrected chi connectivity index (χ0v) is 20.1. The number of likely N-dealkylation sites (tertiary alicyclic amines) is 1. The largest absolute Gasteiger partial charge is 0.479 e. The maximum Gasteiger partial charge on any atom is 0.408 e. The van der Waals surface area contributed by atoms with Crippen LogP contribution in [0.5, 0.6) is 0 Å². The number of aromatic nitrogens is 2. The molecule has 3 N–H and O–H groups in total. The average molecular weight is 491 g/mol. The van der Waals surface area contributed by atoms with Crippen molar-refractivity contribution in [2.24, 2.45) is 0 Å². The third-order valence-corrected chi connectivity index (χ3v) is 6.69. The Morgan fingerprint density at radius 3 is 2.42 bits per heavy atom. The Kier molecular flexibility index (Phi) is 7.38. The van der Waals surface area contributed by atoms with Gasteiger partial charge in [0.15, 0.2) is 0 Å². The van der Waals surface area contributed by atoms with Crippen molar-refractivity contribution in [3.05, 3.63) is 90.0 Å². The fraction of sp³-hybridized carbons (Fsp3) is 0.333. The van der Waals surface area contributed by atoms with E-state index in [1.165, 1.54) is 18.2 Å². The first-order valence-corrected chi connectivity index (χ1v) is 11.9. The number of hydrogen-bond donors (Lipinski definition) is 3. The summed E-state index contributed by atoms with van der Waals surface area (Å²) in [7, 11) is 0. The highest BCUT2D eigenvalue weighted by Gasteiger charge is 2.53. The van der Waals surface area contributed by atoms with Crippen molar-refractivity contribution in [3.63, 3.8) is 0 Å². The van der Waals surface area contributed by atoms with Crippen LogP contribution in [0, 0.1) is 0 Å². The molecule has 0 bridgehead atoms. The number of hydrogen-bond acceptors (Lipinski definition) is 5. The van der Waals surface area contributed by atoms with E-state index >= 15 is 0 Å². The number of carbonyl (C=O) groups excluding carboxylic acids is 2. The molecule has 0 unspecified atom stereocenters. The smallest absolute Gasteiger partial charge is 0.408 e. The highest BCUT2D eigenvalue weighted by Crippen LogP contribution is 2.33. The van der Waals surface area contributed by atoms with Crippen molar-refractivity contribution >= 4 is 18.0 Å². The molecule has 36 heavy (non-hydrogen) atoms. The van der Waals surface area contributed by atoms with E-state index in [0.29, 0.717) is 18.5 Å². The molecule has 0 spiro atoms. The van der Waals surface area contributed by atoms with Gasteiger partial charge >= 0.3 is 12.1 Å². The van der Waals surface area contributed by atoms with Crippen molar-refractivity contribution in [2.45, 2.75) is 50.3 Å². The number of piperidine rings is 1. The standard InChI is InChI=1S/C27H30N4O5/c1-26(24(33)34,16-22-17-28-19-29-22)31-14-8-13-27(23(31)32,15-20-9-4-2-5-10-20)30-25(35)36-18-21-11-6-3-7-12-21/h2-7,9-12,17,19H,8,13-16,18H2,1H3,(H,28,29)(H,30,35)(H,33,34)/t26-,27-/m0/s1. The number of H-pyrrole nitrogens is 1. The average Bonchev–Trinajstić information content (AvgIpc) is 3.38. The van der Waals surface area contributed by atoms with E-state index in [1.54, 1.807) is 6.20 Å². The Labute approximate surface area is 209 Å². The van der Waals surface area contributed by atoms with Gasteiger partial charge in [0.1, 0.15) is 17.7 Å². The van der Waals surface area contributed by atoms with E-state index in [2.05, 4.69) is 15.3 Å². The lowest BCUT2D eigenvalue weighted by atomic mass is 9.79. The number of carbonyl (C=O) groups is 3. The van der Waals surface area contributed by atoms with Gasteiger partial charge in [0.2, 0.25) is 5.91 Å². The number of nitrogens with one attached hydrogen (secondary N) is 2. The van der Waals surface area contributed by atoms with Crippen LogP contribution < -0.4 is 5.32 Å². The number of aromatic amines is 1. The van der Waals surface area contributed by atoms with Crippen LogP contribution in [-0.4, -0.2) is 55.6 Å². The van der Waals surface area contributed by atoms with Gasteiger partial charge < -0.3 is 25.0 Å². The number of ether oxygens (including phenoxy) is 1. The first-order valence-electron chi connectivity index (χ1n) is 11.9. The quantitative estimate of drug-likeness (QED) is 0.423. The SMILES string of the molecule is C[C@](Cc1cnc[nH]1)(C(=O)O)N1CCC[C@@](Cc2ccccc2)(NC(=O)OCc2ccccc2)C1=O. The number of imidazole rings is 1. The summed E-state index contributed by atoms with van der Waals surface area (Å²) in [6.07, 6.45) is 3.43. The maximum atomic E-state index is 14.1. The van der Waals surface area contributed by atoms with Crippen LogP contribution in [0.3, 0.4) is 0 Å². The van der Waals surface area contributed by atoms with E-state index < -0.39 is 29.0 Å². The van der Waals surface area contributed by atoms with E-state index in [0.717, 1.165) is 11.1 Å². The van der Waals surface area contributed by atoms with E-state index in [-0.39, 0.29) is 26.0 Å². The van der Waals surface area contributed by atoms with Crippen LogP contribution in [0.1, 0.15) is 36.6 Å². The Bertz CT molecular complexity index is 1190. The molecule has 0 aliphatic carbocycles. The van der Waals surface area contributed by atoms with Gasteiger partial charge in [-0.15, -0.1) is 0 Å². The predicted molar refractivity (Wildman–Crippen MR) is 132 cm³/mol. The highest BCUT2D eigenvalue weighted by molar-refractivity contribution is 5.95. The van der Waals surface area contributed by atoms with E-state index in [1.807, 2.05) is 60.7 Å². The zero-order chi connectivity index (χ0) is 25.6. The Balaban J connectivity index is 1.62. The third-order valence-electron chi connectivity index (χ3n) is 6.69. The maximum absolute atomic E-state index is 14.1. The topological polar surface area (TPSA) is 125 Å². The highest BCUT2D eigenvalue weighted by atomic mass is 16.5. The van der Waals surface area contributed by atoms with Crippen LogP contribution in [0.25, 0.3) is 0 Å². The Morgan fingerprint density at radius 1 is 1.14 bits per heavy atom. The zero-order valence-electron chi connectivity index (χ0n) is 20.1. The third kappa shape index (κ3) is 5.40. The lowest BCUT2D eigenvalue weighted by molar-refractivity contribution is -0.164. The molecule has 1 fully saturated rings. The summed E-state index contributed by atoms with van der Waals surface area (Å²) in [5, 5.41) is 13.0. The first-order chi connectivity index (χ1) is 17.3. The first kappa shape index (κ1) is 25.0. The molecule has 9 heteroatoms. The monoisotopic (exact) mass is 490 g/mol. The fourth-order valence-corrected chi connectivity index (χ4v) is 4.74. The molecule has 188 valence electrons. The second-order valence-electron chi connectivity index (χ2n) is 9.32. The Morgan fingerprint density at radius 2 is 1.81 bits per heavy atom. The predicted octanol–water partition coefficient (Wildman–Crippen LogP) is 3.33. The van der Waals surface area contributed by atoms with Gasteiger partial charge in [0.25, 0.3) is 0 Å². The molecule has 2 heterocycles. The number of nitrogens with zero attached hydrogens (tertiary/aromatic N) is 2. The molecule has 1 aliphatic heterocycles. The van der Waals surface area contributed by atoms with Gasteiger partial charge in [-0.3, -0.25) is 4.79 Å². The molecule has 2 amide bonds. The molecule has 4 rings (SSSR count). The van der Waals surface area contributed by atoms with Crippen LogP contribution in [0.15, 0.2) is 73.2 Å². The number of amides is 2. The van der Waals surface area contributed by atoms with Gasteiger partial charge in [-0.2, -0.15) is 0 Å². The van der Waals surface area contributed by atoms with Crippen molar-refractivity contribution in [1.82, 2.24) is 20.2 Å². The summed E-state index contributed by atoms with van der Waals surface area (Å²) in [6.45, 7) is 1.84. The molecular weight excluding hydrogens is 460 g/mol. The summed E-state index contributed by atoms with van der Waals surface area (Å²) < 4.78 is 5.45. The van der Waals surface area contributed by atoms with Crippen LogP contribution >= 0.6 is 0 Å². The molecule has 0 saturated carbocycles. The van der Waals surface area contributed by atoms with E-state index in [9.17, 15) is 19.5 Å². The van der Waals surface area contributed by atoms with Crippen LogP contribution in [0.2, 0.25) is 0 Å². The summed E-state index contributed by atoms with van der Waals surface area (Å²) in [4.78, 5) is 47.8. The lowest BCUT2D eigenvalue weighted by Crippen LogP contribution is -2.69. The minimum atomic E-state index is -1.54. The van der Waals surface area contributed by atoms with Crippen molar-refractivity contribution < 1.29 is 24.2 Å². The minimum absolute atomic E-state index is 0.0495. The molecular formula is C27H30N4O5. The molecule has 0 radical (unpaired) electrons. The molecule has 1 aromatic heterocycles. The summed E-state index contributed by atoms with van der Waals surface area (Å²) in [5.41, 5.74) is -0.622. The van der Waals surface area contributed by atoms with Gasteiger partial charge in [0.05, 0.1) is 6.33 Å². The molecule has 1 aliphatic rings. The van der Waals surface area contributed by atoms with Crippen LogP contribution in [-0.2, 0) is 33.8 Å². The van der Waals surface area contributed by atoms with Gasteiger partial charge in [-0.1, -0.05) is 60.7 Å². The minimum Gasteiger partial charge on any atom is -0.479 e. The number of aliphatic carboxylic acids is 1. The number of carboxylic acids is 1. The second-order valence-corrected chi connectivity index (χ2v) is 9.32. The molecule has 2 aromatic carbocycles. The fourth-order valence-electron chi connectivity index (χ4n) is 4.74. The van der Waals surface area contributed by atoms with Crippen molar-refractivity contribution in [1.29, 1.82) is 0 Å². The lowest BCUT2D eigenvalue weighted by Gasteiger charge is -2.47. The molecule has 1 saturated heterocycles. The van der Waals surface area contributed by atoms with Crippen LogP contribution in [0.4, 0.5) is 4.79 Å². The van der Waals surface area contributed by atoms with E-state index in [4.69, 9.17) is 4.74 Å². The number of carboxylic acid groups (broad SMARTS) is 1. The van der Waals surface area contributed by atoms with Crippen molar-refractivity contribution in [3.8, 4) is 0 Å². The summed E-state index contributed by atoms with van der Waals surface area (Å²) in [5.74, 6) is -1.58. The Hall–Kier alpha value is -4.14. The van der Waals surface area contributed by atoms with Crippen molar-refractivity contribution in [2.75, 3.05) is 6.54 Å². The summed E-state index contributed by atoms with van der Waals surface area (Å²) in [6, 6.07) is 18.6. The normalized spacial score (nSPS) is 19.4. The van der Waals surface area contributed by atoms with Gasteiger partial charge in [-0.25, -0.2) is 14.6 Å². The number of benzene rings is 2. The second kappa shape index (κ2) is 10.6. The van der Waals surface area contributed by atoms with Gasteiger partial charge in [0, 0.05) is 31.3 Å². The summed E-state index contributed by atoms with van der Waals surface area (Å²) >= 11 is 0. The van der Waals surface area contributed by atoms with Gasteiger partial charge in [-0.05, 0) is 30.9 Å². The molecule has 9 nitrogen and oxygen atoms in total. The molecule has 2 atom stereocenters.